The predicted molar refractivity (Wildman–Crippen MR) is 250 cm³/mol. The molecular formula is C46H64N6O6S2. The molecule has 4 amide bonds. The molecule has 1 atom stereocenters. The Morgan fingerprint density at radius 2 is 1.32 bits per heavy atom. The zero-order valence-electron chi connectivity index (χ0n) is 34.4. The molecule has 326 valence electrons. The number of aromatic amines is 1. The molecule has 0 aliphatic carbocycles. The SMILES string of the molecule is C.C.CCC.CCC.COC(=O)NCC(=O)N1CCCC1.COC(=O)NCC(=O)N1CCC[C@H]1C1=Nc2ccc(-c3cc4sc(-c5ccc6[nH]ccc6c5)cc4s3)cc2C1. The van der Waals surface area contributed by atoms with E-state index in [-0.39, 0.29) is 45.8 Å². The summed E-state index contributed by atoms with van der Waals surface area (Å²) in [5.41, 5.74) is 6.83. The average Bonchev–Trinajstić information content (AvgIpc) is 4.08. The van der Waals surface area contributed by atoms with E-state index in [0.717, 1.165) is 62.1 Å². The molecule has 3 N–H and O–H groups in total. The number of aromatic nitrogens is 1. The summed E-state index contributed by atoms with van der Waals surface area (Å²) in [4.78, 5) is 60.4. The number of nitrogens with one attached hydrogen (secondary N) is 3. The van der Waals surface area contributed by atoms with Gasteiger partial charge in [0.2, 0.25) is 11.8 Å². The molecule has 3 aromatic heterocycles. The number of hydrogen-bond donors (Lipinski definition) is 3. The Labute approximate surface area is 363 Å². The van der Waals surface area contributed by atoms with Gasteiger partial charge < -0.3 is 34.9 Å². The van der Waals surface area contributed by atoms with Crippen molar-refractivity contribution >= 4 is 78.4 Å². The van der Waals surface area contributed by atoms with Crippen molar-refractivity contribution in [3.05, 3.63) is 66.4 Å². The van der Waals surface area contributed by atoms with E-state index in [1.165, 1.54) is 68.3 Å². The van der Waals surface area contributed by atoms with Gasteiger partial charge in [0.05, 0.1) is 25.9 Å². The molecule has 60 heavy (non-hydrogen) atoms. The molecule has 2 fully saturated rings. The summed E-state index contributed by atoms with van der Waals surface area (Å²) in [5.74, 6) is -0.142. The van der Waals surface area contributed by atoms with Gasteiger partial charge in [-0.05, 0) is 90.2 Å². The van der Waals surface area contributed by atoms with E-state index in [1.807, 2.05) is 33.8 Å². The van der Waals surface area contributed by atoms with Gasteiger partial charge in [-0.15, -0.1) is 22.7 Å². The number of benzene rings is 2. The maximum Gasteiger partial charge on any atom is 0.407 e. The van der Waals surface area contributed by atoms with E-state index < -0.39 is 12.2 Å². The van der Waals surface area contributed by atoms with E-state index in [9.17, 15) is 19.2 Å². The highest BCUT2D eigenvalue weighted by atomic mass is 32.1. The fraction of sp³-hybridized carbons (Fsp3) is 0.457. The zero-order chi connectivity index (χ0) is 41.6. The van der Waals surface area contributed by atoms with Gasteiger partial charge in [0.25, 0.3) is 0 Å². The Balaban J connectivity index is 0.000000386. The summed E-state index contributed by atoms with van der Waals surface area (Å²) >= 11 is 3.66. The number of amides is 4. The zero-order valence-corrected chi connectivity index (χ0v) is 36.1. The van der Waals surface area contributed by atoms with Crippen molar-refractivity contribution in [2.45, 2.75) is 93.5 Å². The molecule has 6 heterocycles. The second-order valence-corrected chi connectivity index (χ2v) is 16.5. The molecule has 0 unspecified atom stereocenters. The Morgan fingerprint density at radius 3 is 1.92 bits per heavy atom. The lowest BCUT2D eigenvalue weighted by Gasteiger charge is -2.25. The van der Waals surface area contributed by atoms with Crippen LogP contribution in [-0.2, 0) is 25.5 Å². The normalized spacial score (nSPS) is 14.8. The van der Waals surface area contributed by atoms with Crippen LogP contribution < -0.4 is 10.6 Å². The number of nitrogens with zero attached hydrogens (tertiary/aromatic N) is 3. The minimum Gasteiger partial charge on any atom is -0.453 e. The van der Waals surface area contributed by atoms with E-state index in [4.69, 9.17) is 4.99 Å². The lowest BCUT2D eigenvalue weighted by atomic mass is 10.0. The summed E-state index contributed by atoms with van der Waals surface area (Å²) in [6.45, 7) is 10.8. The maximum atomic E-state index is 12.8. The van der Waals surface area contributed by atoms with E-state index in [0.29, 0.717) is 6.54 Å². The molecule has 8 rings (SSSR count). The number of H-pyrrole nitrogens is 1. The van der Waals surface area contributed by atoms with Gasteiger partial charge in [-0.1, -0.05) is 67.5 Å². The van der Waals surface area contributed by atoms with Crippen molar-refractivity contribution in [2.75, 3.05) is 46.9 Å². The molecule has 3 aliphatic rings. The van der Waals surface area contributed by atoms with Crippen LogP contribution in [-0.4, -0.2) is 97.5 Å². The first-order chi connectivity index (χ1) is 28.1. The Morgan fingerprint density at radius 1 is 0.750 bits per heavy atom. The van der Waals surface area contributed by atoms with Crippen LogP contribution in [0.2, 0.25) is 0 Å². The second-order valence-electron chi connectivity index (χ2n) is 14.3. The maximum absolute atomic E-state index is 12.8. The predicted octanol–water partition coefficient (Wildman–Crippen LogP) is 10.8. The first-order valence-electron chi connectivity index (χ1n) is 20.1. The highest BCUT2D eigenvalue weighted by molar-refractivity contribution is 7.31. The lowest BCUT2D eigenvalue weighted by Crippen LogP contribution is -2.45. The highest BCUT2D eigenvalue weighted by Crippen LogP contribution is 2.43. The molecule has 0 bridgehead atoms. The van der Waals surface area contributed by atoms with Gasteiger partial charge in [0, 0.05) is 62.6 Å². The van der Waals surface area contributed by atoms with Crippen molar-refractivity contribution in [1.82, 2.24) is 25.4 Å². The number of likely N-dealkylation sites (tertiary alicyclic amines) is 2. The number of thiophene rings is 2. The highest BCUT2D eigenvalue weighted by Gasteiger charge is 2.34. The third kappa shape index (κ3) is 12.7. The van der Waals surface area contributed by atoms with Crippen LogP contribution in [0.15, 0.2) is 65.8 Å². The number of hydrogen-bond acceptors (Lipinski definition) is 9. The van der Waals surface area contributed by atoms with E-state index in [2.05, 4.69) is 107 Å². The first kappa shape index (κ1) is 49.2. The third-order valence-corrected chi connectivity index (χ3v) is 12.0. The number of aliphatic imine (C=N–C) groups is 1. The van der Waals surface area contributed by atoms with Crippen molar-refractivity contribution in [3.63, 3.8) is 0 Å². The Kier molecular flexibility index (Phi) is 19.8. The average molecular weight is 861 g/mol. The molecule has 12 nitrogen and oxygen atoms in total. The molecule has 0 spiro atoms. The van der Waals surface area contributed by atoms with Crippen LogP contribution in [0.5, 0.6) is 0 Å². The van der Waals surface area contributed by atoms with Crippen LogP contribution in [0.4, 0.5) is 15.3 Å². The van der Waals surface area contributed by atoms with Gasteiger partial charge in [0.15, 0.2) is 0 Å². The summed E-state index contributed by atoms with van der Waals surface area (Å²) < 4.78 is 11.5. The van der Waals surface area contributed by atoms with Crippen LogP contribution in [0.25, 0.3) is 41.2 Å². The topological polar surface area (TPSA) is 145 Å². The van der Waals surface area contributed by atoms with E-state index in [1.54, 1.807) is 4.90 Å². The van der Waals surface area contributed by atoms with Crippen molar-refractivity contribution in [3.8, 4) is 20.9 Å². The van der Waals surface area contributed by atoms with Crippen LogP contribution in [0, 0.1) is 0 Å². The number of carbonyl (C=O) groups excluding carboxylic acids is 4. The molecule has 5 aromatic rings. The third-order valence-electron chi connectivity index (χ3n) is 9.60. The fourth-order valence-corrected chi connectivity index (χ4v) is 9.32. The molecule has 2 aromatic carbocycles. The number of methoxy groups -OCH3 is 2. The number of alkyl carbamates (subject to hydrolysis) is 2. The van der Waals surface area contributed by atoms with Crippen LogP contribution >= 0.6 is 22.7 Å². The standard InChI is InChI=1S/C30H26N4O3S2.C8H14N2O3.2C3H8.2CH4/c1-37-30(36)32-16-29(35)34-10-2-3-24(34)23-13-20-12-19(5-7-22(20)33-23)26-15-28-27(39-26)14-25(38-28)18-4-6-21-17(11-18)8-9-31-21;1-13-8(12)9-6-7(11)10-4-2-3-5-10;2*1-3-2;;/h4-9,11-12,14-15,24,31H,2-3,10,13,16H2,1H3,(H,32,36);2-6H2,1H3,(H,9,12);2*3H2,1-2H3;2*1H4/t24-;;;;;/m0...../s1. The van der Waals surface area contributed by atoms with Crippen LogP contribution in [0.3, 0.4) is 0 Å². The Bertz CT molecular complexity index is 2170. The summed E-state index contributed by atoms with van der Waals surface area (Å²) in [5, 5.41) is 6.08. The first-order valence-corrected chi connectivity index (χ1v) is 21.8. The molecule has 0 radical (unpaired) electrons. The fourth-order valence-electron chi connectivity index (χ4n) is 6.93. The minimum atomic E-state index is -0.597. The number of ether oxygens (including phenoxy) is 2. The van der Waals surface area contributed by atoms with Gasteiger partial charge in [0.1, 0.15) is 13.1 Å². The number of fused-ring (bicyclic) bond motifs is 3. The quantitative estimate of drug-likeness (QED) is 0.149. The molecule has 0 saturated carbocycles. The van der Waals surface area contributed by atoms with Crippen molar-refractivity contribution in [1.29, 1.82) is 0 Å². The monoisotopic (exact) mass is 860 g/mol. The number of carbonyl (C=O) groups is 4. The van der Waals surface area contributed by atoms with Crippen molar-refractivity contribution < 1.29 is 28.7 Å². The van der Waals surface area contributed by atoms with Crippen molar-refractivity contribution in [2.24, 2.45) is 4.99 Å². The lowest BCUT2D eigenvalue weighted by molar-refractivity contribution is -0.130. The molecule has 2 saturated heterocycles. The molecular weight excluding hydrogens is 797 g/mol. The van der Waals surface area contributed by atoms with Gasteiger partial charge in [-0.25, -0.2) is 9.59 Å². The Hall–Kier alpha value is -5.21. The van der Waals surface area contributed by atoms with E-state index >= 15 is 0 Å². The smallest absolute Gasteiger partial charge is 0.407 e. The van der Waals surface area contributed by atoms with Gasteiger partial charge >= 0.3 is 12.2 Å². The van der Waals surface area contributed by atoms with Crippen LogP contribution in [0.1, 0.15) is 86.6 Å². The summed E-state index contributed by atoms with van der Waals surface area (Å²) in [6.07, 6.45) is 8.01. The summed E-state index contributed by atoms with van der Waals surface area (Å²) in [7, 11) is 2.56. The molecule has 3 aliphatic heterocycles. The largest absolute Gasteiger partial charge is 0.453 e. The molecule has 14 heteroatoms. The summed E-state index contributed by atoms with van der Waals surface area (Å²) in [6, 6.07) is 19.8. The minimum absolute atomic E-state index is 0. The van der Waals surface area contributed by atoms with Gasteiger partial charge in [-0.2, -0.15) is 0 Å². The van der Waals surface area contributed by atoms with Gasteiger partial charge in [-0.3, -0.25) is 14.6 Å². The second kappa shape index (κ2) is 24.1. The number of rotatable bonds is 7.